The van der Waals surface area contributed by atoms with E-state index in [4.69, 9.17) is 4.74 Å². The molecule has 0 fully saturated rings. The number of esters is 1. The maximum absolute atomic E-state index is 11.5. The van der Waals surface area contributed by atoms with Crippen molar-refractivity contribution in [2.75, 3.05) is 6.61 Å². The van der Waals surface area contributed by atoms with Crippen molar-refractivity contribution in [3.05, 3.63) is 24.2 Å². The zero-order valence-corrected chi connectivity index (χ0v) is 8.60. The number of hydrogen-bond acceptors (Lipinski definition) is 4. The quantitative estimate of drug-likeness (QED) is 0.690. The van der Waals surface area contributed by atoms with E-state index in [0.29, 0.717) is 12.3 Å². The Balaban J connectivity index is 2.55. The fourth-order valence-corrected chi connectivity index (χ4v) is 1.43. The van der Waals surface area contributed by atoms with Gasteiger partial charge in [0.05, 0.1) is 17.5 Å². The molecule has 0 amide bonds. The van der Waals surface area contributed by atoms with E-state index in [-0.39, 0.29) is 0 Å². The molecule has 2 rings (SSSR count). The van der Waals surface area contributed by atoms with Gasteiger partial charge in [0.25, 0.3) is 0 Å². The Hall–Kier alpha value is -1.91. The molecule has 0 bridgehead atoms. The van der Waals surface area contributed by atoms with Crippen molar-refractivity contribution in [1.82, 2.24) is 14.8 Å². The predicted molar refractivity (Wildman–Crippen MR) is 54.5 cm³/mol. The second kappa shape index (κ2) is 3.68. The van der Waals surface area contributed by atoms with Gasteiger partial charge in [0, 0.05) is 19.4 Å². The molecule has 0 spiro atoms. The number of pyridine rings is 1. The molecule has 0 aromatic carbocycles. The van der Waals surface area contributed by atoms with Gasteiger partial charge in [0.1, 0.15) is 0 Å². The molecule has 0 aliphatic rings. The molecule has 0 aliphatic heterocycles. The van der Waals surface area contributed by atoms with Crippen molar-refractivity contribution >= 4 is 16.9 Å². The largest absolute Gasteiger partial charge is 0.461 e. The van der Waals surface area contributed by atoms with E-state index in [9.17, 15) is 4.79 Å². The summed E-state index contributed by atoms with van der Waals surface area (Å²) in [7, 11) is 1.80. The van der Waals surface area contributed by atoms with Crippen LogP contribution in [0.2, 0.25) is 0 Å². The molecule has 0 aliphatic carbocycles. The van der Waals surface area contributed by atoms with Crippen molar-refractivity contribution in [2.45, 2.75) is 6.92 Å². The molecule has 2 aromatic heterocycles. The third-order valence-corrected chi connectivity index (χ3v) is 2.02. The van der Waals surface area contributed by atoms with Crippen LogP contribution in [0, 0.1) is 0 Å². The lowest BCUT2D eigenvalue weighted by Crippen LogP contribution is -2.07. The number of carbonyl (C=O) groups excluding carboxylic acids is 1. The Labute approximate surface area is 86.7 Å². The van der Waals surface area contributed by atoms with Gasteiger partial charge in [-0.1, -0.05) is 0 Å². The third-order valence-electron chi connectivity index (χ3n) is 2.02. The van der Waals surface area contributed by atoms with Crippen LogP contribution in [0.15, 0.2) is 18.5 Å². The zero-order chi connectivity index (χ0) is 10.8. The van der Waals surface area contributed by atoms with E-state index in [2.05, 4.69) is 10.1 Å². The van der Waals surface area contributed by atoms with Crippen LogP contribution in [0.4, 0.5) is 0 Å². The second-order valence-electron chi connectivity index (χ2n) is 3.12. The lowest BCUT2D eigenvalue weighted by molar-refractivity contribution is 0.0522. The van der Waals surface area contributed by atoms with Gasteiger partial charge in [-0.2, -0.15) is 5.10 Å². The Bertz CT molecular complexity index is 504. The predicted octanol–water partition coefficient (Wildman–Crippen LogP) is 1.15. The van der Waals surface area contributed by atoms with Gasteiger partial charge >= 0.3 is 5.97 Å². The van der Waals surface area contributed by atoms with E-state index in [1.807, 2.05) is 0 Å². The van der Waals surface area contributed by atoms with E-state index in [1.54, 1.807) is 37.1 Å². The number of fused-ring (bicyclic) bond motifs is 1. The van der Waals surface area contributed by atoms with Gasteiger partial charge in [-0.25, -0.2) is 9.78 Å². The van der Waals surface area contributed by atoms with E-state index in [0.717, 1.165) is 10.9 Å². The fraction of sp³-hybridized carbons (Fsp3) is 0.300. The van der Waals surface area contributed by atoms with Crippen LogP contribution in [0.3, 0.4) is 0 Å². The Kier molecular flexibility index (Phi) is 2.37. The maximum atomic E-state index is 11.5. The topological polar surface area (TPSA) is 57.0 Å². The molecule has 2 aromatic rings. The van der Waals surface area contributed by atoms with Crippen LogP contribution < -0.4 is 0 Å². The SMILES string of the molecule is CCOC(=O)c1nccc2nn(C)cc12. The summed E-state index contributed by atoms with van der Waals surface area (Å²) in [5.41, 5.74) is 1.07. The molecule has 0 saturated carbocycles. The van der Waals surface area contributed by atoms with Crippen LogP contribution in [0.5, 0.6) is 0 Å². The summed E-state index contributed by atoms with van der Waals surface area (Å²) in [6, 6.07) is 1.76. The second-order valence-corrected chi connectivity index (χ2v) is 3.12. The number of hydrogen-bond donors (Lipinski definition) is 0. The highest BCUT2D eigenvalue weighted by molar-refractivity contribution is 6.01. The molecule has 0 N–H and O–H groups in total. The number of ether oxygens (including phenoxy) is 1. The average Bonchev–Trinajstić information content (AvgIpc) is 2.57. The Morgan fingerprint density at radius 1 is 1.60 bits per heavy atom. The summed E-state index contributed by atoms with van der Waals surface area (Å²) in [6.07, 6.45) is 3.32. The molecular formula is C10H11N3O2. The monoisotopic (exact) mass is 205 g/mol. The van der Waals surface area contributed by atoms with Crippen LogP contribution >= 0.6 is 0 Å². The third kappa shape index (κ3) is 1.68. The number of nitrogens with zero attached hydrogens (tertiary/aromatic N) is 3. The van der Waals surface area contributed by atoms with Crippen LogP contribution in [0.25, 0.3) is 10.9 Å². The molecule has 2 heterocycles. The van der Waals surface area contributed by atoms with Crippen molar-refractivity contribution in [3.8, 4) is 0 Å². The number of aryl methyl sites for hydroxylation is 1. The first-order valence-corrected chi connectivity index (χ1v) is 4.68. The molecule has 0 unspecified atom stereocenters. The van der Waals surface area contributed by atoms with Crippen molar-refractivity contribution in [2.24, 2.45) is 7.05 Å². The van der Waals surface area contributed by atoms with Crippen molar-refractivity contribution in [3.63, 3.8) is 0 Å². The first-order chi connectivity index (χ1) is 7.22. The zero-order valence-electron chi connectivity index (χ0n) is 8.60. The molecule has 5 heteroatoms. The van der Waals surface area contributed by atoms with Gasteiger partial charge in [-0.05, 0) is 13.0 Å². The molecule has 78 valence electrons. The molecule has 15 heavy (non-hydrogen) atoms. The lowest BCUT2D eigenvalue weighted by atomic mass is 10.2. The average molecular weight is 205 g/mol. The highest BCUT2D eigenvalue weighted by Crippen LogP contribution is 2.15. The first kappa shape index (κ1) is 9.64. The Morgan fingerprint density at radius 2 is 2.40 bits per heavy atom. The summed E-state index contributed by atoms with van der Waals surface area (Å²) in [6.45, 7) is 2.11. The molecule has 0 saturated heterocycles. The van der Waals surface area contributed by atoms with Gasteiger partial charge in [0.15, 0.2) is 5.69 Å². The van der Waals surface area contributed by atoms with Gasteiger partial charge in [-0.15, -0.1) is 0 Å². The van der Waals surface area contributed by atoms with E-state index >= 15 is 0 Å². The lowest BCUT2D eigenvalue weighted by Gasteiger charge is -2.00. The van der Waals surface area contributed by atoms with Crippen LogP contribution in [-0.4, -0.2) is 27.3 Å². The standard InChI is InChI=1S/C10H11N3O2/c1-3-15-10(14)9-7-6-13(2)12-8(7)4-5-11-9/h4-6H,3H2,1-2H3. The minimum Gasteiger partial charge on any atom is -0.461 e. The van der Waals surface area contributed by atoms with Crippen molar-refractivity contribution < 1.29 is 9.53 Å². The normalized spacial score (nSPS) is 10.5. The molecule has 5 nitrogen and oxygen atoms in total. The highest BCUT2D eigenvalue weighted by atomic mass is 16.5. The summed E-state index contributed by atoms with van der Waals surface area (Å²) in [5.74, 6) is -0.406. The van der Waals surface area contributed by atoms with Crippen LogP contribution in [0.1, 0.15) is 17.4 Å². The first-order valence-electron chi connectivity index (χ1n) is 4.68. The van der Waals surface area contributed by atoms with Gasteiger partial charge < -0.3 is 4.74 Å². The van der Waals surface area contributed by atoms with Crippen molar-refractivity contribution in [1.29, 1.82) is 0 Å². The van der Waals surface area contributed by atoms with E-state index in [1.165, 1.54) is 0 Å². The molecule has 0 atom stereocenters. The summed E-state index contributed by atoms with van der Waals surface area (Å²) in [5, 5.41) is 4.91. The molecule has 0 radical (unpaired) electrons. The minimum absolute atomic E-state index is 0.322. The highest BCUT2D eigenvalue weighted by Gasteiger charge is 2.14. The maximum Gasteiger partial charge on any atom is 0.357 e. The number of aromatic nitrogens is 3. The van der Waals surface area contributed by atoms with Gasteiger partial charge in [-0.3, -0.25) is 4.68 Å². The summed E-state index contributed by atoms with van der Waals surface area (Å²) >= 11 is 0. The fourth-order valence-electron chi connectivity index (χ4n) is 1.43. The summed E-state index contributed by atoms with van der Waals surface area (Å²) < 4.78 is 6.55. The van der Waals surface area contributed by atoms with Gasteiger partial charge in [0.2, 0.25) is 0 Å². The Morgan fingerprint density at radius 3 is 3.13 bits per heavy atom. The number of carbonyl (C=O) groups is 1. The minimum atomic E-state index is -0.406. The number of rotatable bonds is 2. The molecular weight excluding hydrogens is 194 g/mol. The van der Waals surface area contributed by atoms with E-state index < -0.39 is 5.97 Å². The summed E-state index contributed by atoms with van der Waals surface area (Å²) in [4.78, 5) is 15.6. The smallest absolute Gasteiger partial charge is 0.357 e. The van der Waals surface area contributed by atoms with Crippen LogP contribution in [-0.2, 0) is 11.8 Å².